The maximum atomic E-state index is 5.36. The van der Waals surface area contributed by atoms with Crippen molar-refractivity contribution in [2.75, 3.05) is 5.84 Å². The maximum Gasteiger partial charge on any atom is 0.113 e. The minimum absolute atomic E-state index is 0.824. The molecule has 0 atom stereocenters. The molecular formula is C6H6N4. The van der Waals surface area contributed by atoms with Crippen LogP contribution in [0.15, 0.2) is 24.5 Å². The first-order valence-electron chi connectivity index (χ1n) is 2.92. The smallest absolute Gasteiger partial charge is 0.113 e. The predicted octanol–water partition coefficient (Wildman–Crippen LogP) is 0.145. The van der Waals surface area contributed by atoms with Crippen molar-refractivity contribution in [3.05, 3.63) is 24.5 Å². The molecule has 0 saturated carbocycles. The van der Waals surface area contributed by atoms with Gasteiger partial charge in [-0.05, 0) is 12.1 Å². The lowest BCUT2D eigenvalue weighted by Gasteiger charge is -1.80. The SMILES string of the molecule is Nn1cc2ncccc2n1. The van der Waals surface area contributed by atoms with Gasteiger partial charge in [0, 0.05) is 6.20 Å². The molecule has 2 N–H and O–H groups in total. The summed E-state index contributed by atoms with van der Waals surface area (Å²) in [4.78, 5) is 5.30. The summed E-state index contributed by atoms with van der Waals surface area (Å²) in [7, 11) is 0. The average Bonchev–Trinajstić information content (AvgIpc) is 2.27. The van der Waals surface area contributed by atoms with E-state index in [0.29, 0.717) is 0 Å². The Morgan fingerprint density at radius 3 is 3.10 bits per heavy atom. The molecule has 2 rings (SSSR count). The van der Waals surface area contributed by atoms with Crippen molar-refractivity contribution in [3.63, 3.8) is 0 Å². The van der Waals surface area contributed by atoms with Crippen LogP contribution in [0.3, 0.4) is 0 Å². The lowest BCUT2D eigenvalue weighted by Crippen LogP contribution is -2.07. The highest BCUT2D eigenvalue weighted by atomic mass is 15.5. The molecular weight excluding hydrogens is 128 g/mol. The molecule has 0 bridgehead atoms. The second-order valence-corrected chi connectivity index (χ2v) is 2.02. The molecule has 4 nitrogen and oxygen atoms in total. The van der Waals surface area contributed by atoms with Crippen LogP contribution < -0.4 is 5.84 Å². The van der Waals surface area contributed by atoms with Crippen LogP contribution in [-0.2, 0) is 0 Å². The molecule has 2 aromatic rings. The summed E-state index contributed by atoms with van der Waals surface area (Å²) in [5, 5.41) is 3.95. The van der Waals surface area contributed by atoms with Crippen LogP contribution in [0.1, 0.15) is 0 Å². The van der Waals surface area contributed by atoms with Gasteiger partial charge in [-0.25, -0.2) is 0 Å². The summed E-state index contributed by atoms with van der Waals surface area (Å²) < 4.78 is 0. The molecule has 0 amide bonds. The summed E-state index contributed by atoms with van der Waals surface area (Å²) in [6, 6.07) is 3.70. The molecule has 50 valence electrons. The number of rotatable bonds is 0. The van der Waals surface area contributed by atoms with Gasteiger partial charge in [0.05, 0.1) is 6.20 Å². The van der Waals surface area contributed by atoms with Gasteiger partial charge in [0.1, 0.15) is 11.0 Å². The van der Waals surface area contributed by atoms with Gasteiger partial charge in [0.2, 0.25) is 0 Å². The molecule has 2 heterocycles. The van der Waals surface area contributed by atoms with E-state index in [4.69, 9.17) is 5.84 Å². The summed E-state index contributed by atoms with van der Waals surface area (Å²) >= 11 is 0. The van der Waals surface area contributed by atoms with Gasteiger partial charge in [0.25, 0.3) is 0 Å². The van der Waals surface area contributed by atoms with Crippen LogP contribution in [0.4, 0.5) is 0 Å². The van der Waals surface area contributed by atoms with Gasteiger partial charge in [-0.1, -0.05) is 0 Å². The van der Waals surface area contributed by atoms with E-state index in [-0.39, 0.29) is 0 Å². The average molecular weight is 134 g/mol. The summed E-state index contributed by atoms with van der Waals surface area (Å²) in [5.41, 5.74) is 1.65. The largest absolute Gasteiger partial charge is 0.323 e. The van der Waals surface area contributed by atoms with E-state index in [9.17, 15) is 0 Å². The van der Waals surface area contributed by atoms with Gasteiger partial charge in [0.15, 0.2) is 0 Å². The Bertz CT molecular complexity index is 318. The second kappa shape index (κ2) is 1.70. The minimum Gasteiger partial charge on any atom is -0.323 e. The molecule has 10 heavy (non-hydrogen) atoms. The first-order chi connectivity index (χ1) is 4.86. The molecule has 0 aliphatic heterocycles. The molecule has 4 heteroatoms. The van der Waals surface area contributed by atoms with E-state index >= 15 is 0 Å². The summed E-state index contributed by atoms with van der Waals surface area (Å²) in [6.07, 6.45) is 3.39. The Morgan fingerprint density at radius 1 is 1.40 bits per heavy atom. The Hall–Kier alpha value is -1.58. The van der Waals surface area contributed by atoms with Crippen LogP contribution >= 0.6 is 0 Å². The highest BCUT2D eigenvalue weighted by molar-refractivity contribution is 5.72. The van der Waals surface area contributed by atoms with Crippen molar-refractivity contribution < 1.29 is 0 Å². The highest BCUT2D eigenvalue weighted by Crippen LogP contribution is 2.04. The first kappa shape index (κ1) is 5.22. The van der Waals surface area contributed by atoms with Crippen LogP contribution in [0.2, 0.25) is 0 Å². The van der Waals surface area contributed by atoms with Crippen LogP contribution in [0, 0.1) is 0 Å². The quantitative estimate of drug-likeness (QED) is 0.521. The molecule has 0 spiro atoms. The molecule has 2 aromatic heterocycles. The number of nitrogens with zero attached hydrogens (tertiary/aromatic N) is 3. The zero-order valence-corrected chi connectivity index (χ0v) is 5.23. The number of hydrogen-bond acceptors (Lipinski definition) is 3. The summed E-state index contributed by atoms with van der Waals surface area (Å²) in [6.45, 7) is 0. The van der Waals surface area contributed by atoms with Crippen molar-refractivity contribution in [1.82, 2.24) is 14.9 Å². The molecule has 0 aliphatic rings. The van der Waals surface area contributed by atoms with E-state index in [1.54, 1.807) is 12.4 Å². The van der Waals surface area contributed by atoms with Crippen molar-refractivity contribution in [2.24, 2.45) is 0 Å². The lowest BCUT2D eigenvalue weighted by molar-refractivity contribution is 0.846. The van der Waals surface area contributed by atoms with E-state index in [1.807, 2.05) is 12.1 Å². The Kier molecular flexibility index (Phi) is 0.887. The Morgan fingerprint density at radius 2 is 2.30 bits per heavy atom. The fourth-order valence-corrected chi connectivity index (χ4v) is 0.872. The van der Waals surface area contributed by atoms with Gasteiger partial charge < -0.3 is 5.84 Å². The third-order valence-electron chi connectivity index (χ3n) is 1.29. The first-order valence-corrected chi connectivity index (χ1v) is 2.92. The van der Waals surface area contributed by atoms with Crippen LogP contribution in [0.5, 0.6) is 0 Å². The zero-order chi connectivity index (χ0) is 6.97. The van der Waals surface area contributed by atoms with E-state index < -0.39 is 0 Å². The van der Waals surface area contributed by atoms with Gasteiger partial charge in [-0.2, -0.15) is 9.89 Å². The standard InChI is InChI=1S/C6H6N4/c7-10-4-6-5(9-10)2-1-3-8-6/h1-4H,7H2. The number of nitrogens with two attached hydrogens (primary N) is 1. The van der Waals surface area contributed by atoms with Crippen molar-refractivity contribution in [3.8, 4) is 0 Å². The molecule has 0 saturated heterocycles. The predicted molar refractivity (Wildman–Crippen MR) is 37.7 cm³/mol. The molecule has 0 fully saturated rings. The fraction of sp³-hybridized carbons (Fsp3) is 0. The molecule has 0 aromatic carbocycles. The molecule has 0 aliphatic carbocycles. The normalized spacial score (nSPS) is 10.4. The van der Waals surface area contributed by atoms with Crippen LogP contribution in [0.25, 0.3) is 11.0 Å². The van der Waals surface area contributed by atoms with Crippen molar-refractivity contribution >= 4 is 11.0 Å². The van der Waals surface area contributed by atoms with E-state index in [2.05, 4.69) is 10.1 Å². The van der Waals surface area contributed by atoms with Gasteiger partial charge in [-0.15, -0.1) is 0 Å². The Labute approximate surface area is 57.2 Å². The van der Waals surface area contributed by atoms with E-state index in [1.165, 1.54) is 4.79 Å². The number of nitrogen functional groups attached to an aromatic ring is 1. The third kappa shape index (κ3) is 0.621. The molecule has 0 radical (unpaired) electrons. The van der Waals surface area contributed by atoms with Gasteiger partial charge >= 0.3 is 0 Å². The monoisotopic (exact) mass is 134 g/mol. The highest BCUT2D eigenvalue weighted by Gasteiger charge is 1.95. The fourth-order valence-electron chi connectivity index (χ4n) is 0.872. The molecule has 0 unspecified atom stereocenters. The Balaban J connectivity index is 2.88. The second-order valence-electron chi connectivity index (χ2n) is 2.02. The zero-order valence-electron chi connectivity index (χ0n) is 5.23. The topological polar surface area (TPSA) is 56.7 Å². The van der Waals surface area contributed by atoms with Crippen molar-refractivity contribution in [1.29, 1.82) is 0 Å². The summed E-state index contributed by atoms with van der Waals surface area (Å²) in [5.74, 6) is 5.36. The maximum absolute atomic E-state index is 5.36. The van der Waals surface area contributed by atoms with Crippen molar-refractivity contribution in [2.45, 2.75) is 0 Å². The number of aromatic nitrogens is 3. The van der Waals surface area contributed by atoms with Gasteiger partial charge in [-0.3, -0.25) is 4.98 Å². The third-order valence-corrected chi connectivity index (χ3v) is 1.29. The van der Waals surface area contributed by atoms with Crippen LogP contribution in [-0.4, -0.2) is 14.9 Å². The number of hydrogen-bond donors (Lipinski definition) is 1. The number of pyridine rings is 1. The minimum atomic E-state index is 0.824. The van der Waals surface area contributed by atoms with E-state index in [0.717, 1.165) is 11.0 Å². The lowest BCUT2D eigenvalue weighted by atomic mass is 10.4. The number of fused-ring (bicyclic) bond motifs is 1.